The maximum absolute atomic E-state index is 11.4. The first-order chi connectivity index (χ1) is 5.87. The van der Waals surface area contributed by atoms with Crippen LogP contribution in [0.25, 0.3) is 0 Å². The second-order valence-corrected chi connectivity index (χ2v) is 4.69. The van der Waals surface area contributed by atoms with E-state index in [2.05, 4.69) is 21.2 Å². The number of alkyl halides is 1. The summed E-state index contributed by atoms with van der Waals surface area (Å²) in [7, 11) is 0. The molecule has 0 saturated heterocycles. The van der Waals surface area contributed by atoms with E-state index in [0.29, 0.717) is 0 Å². The maximum atomic E-state index is 11.4. The second-order valence-electron chi connectivity index (χ2n) is 3.90. The van der Waals surface area contributed by atoms with E-state index in [4.69, 9.17) is 4.74 Å². The lowest BCUT2D eigenvalue weighted by Gasteiger charge is -2.22. The van der Waals surface area contributed by atoms with Gasteiger partial charge in [0.15, 0.2) is 0 Å². The Hall–Kier alpha value is -0.0900. The fraction of sp³-hybridized carbons (Fsp3) is 0.889. The van der Waals surface area contributed by atoms with Crippen molar-refractivity contribution in [3.8, 4) is 0 Å². The number of nitrogens with one attached hydrogen (secondary N) is 1. The van der Waals surface area contributed by atoms with Crippen LogP contribution in [0.1, 0.15) is 27.7 Å². The molecule has 4 heteroatoms. The molecule has 1 unspecified atom stereocenters. The highest BCUT2D eigenvalue weighted by Crippen LogP contribution is 2.08. The quantitative estimate of drug-likeness (QED) is 0.611. The molecular weight excluding hydrogens is 234 g/mol. The fourth-order valence-electron chi connectivity index (χ4n) is 0.745. The Morgan fingerprint density at radius 3 is 2.46 bits per heavy atom. The number of carbonyl (C=O) groups excluding carboxylic acids is 1. The van der Waals surface area contributed by atoms with Gasteiger partial charge in [-0.2, -0.15) is 0 Å². The number of hydrogen-bond donors (Lipinski definition) is 1. The van der Waals surface area contributed by atoms with Gasteiger partial charge < -0.3 is 10.1 Å². The van der Waals surface area contributed by atoms with E-state index in [1.807, 2.05) is 20.8 Å². The average Bonchev–Trinajstić information content (AvgIpc) is 1.96. The predicted molar refractivity (Wildman–Crippen MR) is 57.1 cm³/mol. The second kappa shape index (κ2) is 5.60. The lowest BCUT2D eigenvalue weighted by atomic mass is 10.2. The molecule has 0 aliphatic rings. The summed E-state index contributed by atoms with van der Waals surface area (Å²) in [5.74, 6) is -0.201. The Balaban J connectivity index is 3.83. The first kappa shape index (κ1) is 12.9. The van der Waals surface area contributed by atoms with Gasteiger partial charge in [-0.3, -0.25) is 4.79 Å². The van der Waals surface area contributed by atoms with Crippen LogP contribution in [0, 0.1) is 0 Å². The summed E-state index contributed by atoms with van der Waals surface area (Å²) >= 11 is 3.27. The molecular formula is C9H18BrNO2. The summed E-state index contributed by atoms with van der Waals surface area (Å²) in [5.41, 5.74) is -0.401. The minimum absolute atomic E-state index is 0.201. The maximum Gasteiger partial charge on any atom is 0.323 e. The van der Waals surface area contributed by atoms with E-state index in [1.165, 1.54) is 0 Å². The van der Waals surface area contributed by atoms with E-state index in [1.54, 1.807) is 6.92 Å². The van der Waals surface area contributed by atoms with Crippen molar-refractivity contribution in [1.29, 1.82) is 0 Å². The van der Waals surface area contributed by atoms with E-state index in [9.17, 15) is 4.79 Å². The molecule has 0 bridgehead atoms. The third kappa shape index (κ3) is 7.02. The van der Waals surface area contributed by atoms with Crippen LogP contribution in [0.4, 0.5) is 0 Å². The minimum atomic E-state index is -0.401. The summed E-state index contributed by atoms with van der Waals surface area (Å²) in [4.78, 5) is 11.4. The molecule has 0 aromatic carbocycles. The molecule has 78 valence electrons. The van der Waals surface area contributed by atoms with Crippen molar-refractivity contribution < 1.29 is 9.53 Å². The zero-order chi connectivity index (χ0) is 10.5. The molecule has 0 rings (SSSR count). The smallest absolute Gasteiger partial charge is 0.323 e. The van der Waals surface area contributed by atoms with Gasteiger partial charge in [-0.25, -0.2) is 0 Å². The molecule has 0 aliphatic carbocycles. The third-order valence-electron chi connectivity index (χ3n) is 1.31. The van der Waals surface area contributed by atoms with Crippen molar-refractivity contribution in [3.63, 3.8) is 0 Å². The highest BCUT2D eigenvalue weighted by molar-refractivity contribution is 9.09. The topological polar surface area (TPSA) is 38.3 Å². The van der Waals surface area contributed by atoms with Gasteiger partial charge in [0, 0.05) is 11.9 Å². The molecule has 0 heterocycles. The van der Waals surface area contributed by atoms with Crippen LogP contribution in [-0.4, -0.2) is 29.5 Å². The van der Waals surface area contributed by atoms with E-state index in [-0.39, 0.29) is 12.0 Å². The molecule has 1 atom stereocenters. The Morgan fingerprint density at radius 2 is 2.08 bits per heavy atom. The van der Waals surface area contributed by atoms with E-state index >= 15 is 0 Å². The van der Waals surface area contributed by atoms with Crippen LogP contribution in [0.3, 0.4) is 0 Å². The van der Waals surface area contributed by atoms with E-state index < -0.39 is 5.60 Å². The summed E-state index contributed by atoms with van der Waals surface area (Å²) in [6.07, 6.45) is 0. The van der Waals surface area contributed by atoms with E-state index in [0.717, 1.165) is 11.9 Å². The Bertz CT molecular complexity index is 165. The number of ether oxygens (including phenoxy) is 1. The molecule has 0 fully saturated rings. The number of esters is 1. The summed E-state index contributed by atoms with van der Waals surface area (Å²) in [6, 6.07) is -0.239. The molecule has 0 spiro atoms. The number of halogens is 1. The molecule has 0 aromatic rings. The number of carbonyl (C=O) groups is 1. The zero-order valence-electron chi connectivity index (χ0n) is 8.69. The van der Waals surface area contributed by atoms with Gasteiger partial charge in [0.2, 0.25) is 0 Å². The van der Waals surface area contributed by atoms with Gasteiger partial charge in [0.05, 0.1) is 0 Å². The first-order valence-electron chi connectivity index (χ1n) is 4.39. The first-order valence-corrected chi connectivity index (χ1v) is 5.51. The highest BCUT2D eigenvalue weighted by Gasteiger charge is 2.20. The van der Waals surface area contributed by atoms with Gasteiger partial charge in [-0.15, -0.1) is 0 Å². The van der Waals surface area contributed by atoms with Crippen molar-refractivity contribution in [2.45, 2.75) is 39.3 Å². The molecule has 1 N–H and O–H groups in total. The standard InChI is InChI=1S/C9H18BrNO2/c1-7(11-6-5-10)8(12)13-9(2,3)4/h7,11H,5-6H2,1-4H3. The number of rotatable bonds is 4. The number of hydrogen-bond acceptors (Lipinski definition) is 3. The van der Waals surface area contributed by atoms with Gasteiger partial charge in [-0.1, -0.05) is 15.9 Å². The SMILES string of the molecule is CC(NCCBr)C(=O)OC(C)(C)C. The Morgan fingerprint density at radius 1 is 1.54 bits per heavy atom. The third-order valence-corrected chi connectivity index (χ3v) is 1.70. The highest BCUT2D eigenvalue weighted by atomic mass is 79.9. The minimum Gasteiger partial charge on any atom is -0.459 e. The Labute approximate surface area is 88.4 Å². The summed E-state index contributed by atoms with van der Waals surface area (Å²) in [5, 5.41) is 3.87. The van der Waals surface area contributed by atoms with Crippen molar-refractivity contribution >= 4 is 21.9 Å². The summed E-state index contributed by atoms with van der Waals surface area (Å²) < 4.78 is 5.18. The predicted octanol–water partition coefficient (Wildman–Crippen LogP) is 1.70. The van der Waals surface area contributed by atoms with Crippen molar-refractivity contribution in [3.05, 3.63) is 0 Å². The zero-order valence-corrected chi connectivity index (χ0v) is 10.3. The van der Waals surface area contributed by atoms with Crippen LogP contribution in [0.2, 0.25) is 0 Å². The molecule has 0 amide bonds. The molecule has 0 radical (unpaired) electrons. The van der Waals surface area contributed by atoms with Crippen LogP contribution < -0.4 is 5.32 Å². The monoisotopic (exact) mass is 251 g/mol. The van der Waals surface area contributed by atoms with Gasteiger partial charge in [-0.05, 0) is 27.7 Å². The van der Waals surface area contributed by atoms with Gasteiger partial charge in [0.1, 0.15) is 11.6 Å². The molecule has 0 aliphatic heterocycles. The van der Waals surface area contributed by atoms with Crippen LogP contribution in [-0.2, 0) is 9.53 Å². The molecule has 3 nitrogen and oxygen atoms in total. The van der Waals surface area contributed by atoms with Crippen LogP contribution in [0.5, 0.6) is 0 Å². The molecule has 0 aromatic heterocycles. The largest absolute Gasteiger partial charge is 0.459 e. The van der Waals surface area contributed by atoms with Crippen LogP contribution in [0.15, 0.2) is 0 Å². The lowest BCUT2D eigenvalue weighted by molar-refractivity contribution is -0.156. The van der Waals surface area contributed by atoms with Gasteiger partial charge >= 0.3 is 5.97 Å². The molecule has 13 heavy (non-hydrogen) atoms. The lowest BCUT2D eigenvalue weighted by Crippen LogP contribution is -2.39. The van der Waals surface area contributed by atoms with Crippen molar-refractivity contribution in [2.75, 3.05) is 11.9 Å². The molecule has 0 saturated carbocycles. The van der Waals surface area contributed by atoms with Crippen molar-refractivity contribution in [2.24, 2.45) is 0 Å². The average molecular weight is 252 g/mol. The van der Waals surface area contributed by atoms with Crippen molar-refractivity contribution in [1.82, 2.24) is 5.32 Å². The summed E-state index contributed by atoms with van der Waals surface area (Å²) in [6.45, 7) is 8.16. The Kier molecular flexibility index (Phi) is 5.56. The van der Waals surface area contributed by atoms with Gasteiger partial charge in [0.25, 0.3) is 0 Å². The van der Waals surface area contributed by atoms with Crippen LogP contribution >= 0.6 is 15.9 Å². The fourth-order valence-corrected chi connectivity index (χ4v) is 0.973. The normalized spacial score (nSPS) is 13.9.